The molecular formula is C18H21ClFNO3. The lowest BCUT2D eigenvalue weighted by molar-refractivity contribution is 0.0938. The Kier molecular flexibility index (Phi) is 7.98. The van der Waals surface area contributed by atoms with Gasteiger partial charge in [-0.15, -0.1) is 0 Å². The molecule has 130 valence electrons. The number of ether oxygens (including phenoxy) is 2. The largest absolute Gasteiger partial charge is 0.489 e. The van der Waals surface area contributed by atoms with E-state index in [0.29, 0.717) is 42.6 Å². The lowest BCUT2D eigenvalue weighted by atomic mass is 10.2. The number of nitrogens with one attached hydrogen (secondary N) is 1. The highest BCUT2D eigenvalue weighted by Crippen LogP contribution is 2.22. The summed E-state index contributed by atoms with van der Waals surface area (Å²) in [5.74, 6) is 0.286. The summed E-state index contributed by atoms with van der Waals surface area (Å²) in [4.78, 5) is 0. The minimum absolute atomic E-state index is 0.0331. The number of halogens is 2. The van der Waals surface area contributed by atoms with Crippen LogP contribution in [0.5, 0.6) is 5.75 Å². The highest BCUT2D eigenvalue weighted by molar-refractivity contribution is 6.31. The van der Waals surface area contributed by atoms with Crippen LogP contribution in [0.1, 0.15) is 11.1 Å². The van der Waals surface area contributed by atoms with Crippen LogP contribution in [0.3, 0.4) is 0 Å². The normalized spacial score (nSPS) is 10.8. The molecule has 0 unspecified atom stereocenters. The maximum atomic E-state index is 13.7. The van der Waals surface area contributed by atoms with Crippen LogP contribution in [0.15, 0.2) is 42.5 Å². The van der Waals surface area contributed by atoms with E-state index >= 15 is 0 Å². The predicted octanol–water partition coefficient (Wildman–Crippen LogP) is 3.16. The molecule has 0 aromatic heterocycles. The van der Waals surface area contributed by atoms with Gasteiger partial charge in [-0.3, -0.25) is 0 Å². The van der Waals surface area contributed by atoms with Gasteiger partial charge in [0.2, 0.25) is 0 Å². The smallest absolute Gasteiger partial charge is 0.131 e. The van der Waals surface area contributed by atoms with Gasteiger partial charge in [-0.25, -0.2) is 4.39 Å². The van der Waals surface area contributed by atoms with Crippen molar-refractivity contribution in [2.45, 2.75) is 13.2 Å². The van der Waals surface area contributed by atoms with E-state index in [1.807, 2.05) is 24.3 Å². The number of rotatable bonds is 10. The van der Waals surface area contributed by atoms with Crippen molar-refractivity contribution >= 4 is 11.6 Å². The van der Waals surface area contributed by atoms with Gasteiger partial charge in [-0.2, -0.15) is 0 Å². The zero-order valence-electron chi connectivity index (χ0n) is 13.3. The third kappa shape index (κ3) is 6.09. The summed E-state index contributed by atoms with van der Waals surface area (Å²) in [5, 5.41) is 12.2. The first kappa shape index (κ1) is 18.7. The maximum Gasteiger partial charge on any atom is 0.131 e. The molecule has 2 N–H and O–H groups in total. The number of aliphatic hydroxyl groups is 1. The minimum atomic E-state index is -0.372. The van der Waals surface area contributed by atoms with Crippen LogP contribution in [0.4, 0.5) is 4.39 Å². The molecule has 0 saturated heterocycles. The second-order valence-electron chi connectivity index (χ2n) is 5.15. The molecule has 0 aliphatic heterocycles. The molecule has 0 spiro atoms. The first-order chi connectivity index (χ1) is 11.7. The second kappa shape index (κ2) is 10.3. The average molecular weight is 354 g/mol. The Labute approximate surface area is 146 Å². The van der Waals surface area contributed by atoms with Crippen molar-refractivity contribution in [3.63, 3.8) is 0 Å². The van der Waals surface area contributed by atoms with Crippen molar-refractivity contribution < 1.29 is 19.0 Å². The van der Waals surface area contributed by atoms with Gasteiger partial charge in [0.05, 0.1) is 24.8 Å². The molecule has 0 heterocycles. The molecule has 24 heavy (non-hydrogen) atoms. The van der Waals surface area contributed by atoms with Crippen molar-refractivity contribution in [2.75, 3.05) is 26.4 Å². The molecule has 0 saturated carbocycles. The summed E-state index contributed by atoms with van der Waals surface area (Å²) in [6, 6.07) is 12.2. The standard InChI is InChI=1S/C18H21ClFNO3/c19-17-5-2-6-18(20)16(17)13-24-15-4-1-3-14(11-15)12-21-7-9-23-10-8-22/h1-6,11,21-22H,7-10,12-13H2. The first-order valence-electron chi connectivity index (χ1n) is 7.74. The molecular weight excluding hydrogens is 333 g/mol. The highest BCUT2D eigenvalue weighted by atomic mass is 35.5. The SMILES string of the molecule is OCCOCCNCc1cccc(OCc2c(F)cccc2Cl)c1. The summed E-state index contributed by atoms with van der Waals surface area (Å²) in [6.45, 7) is 2.37. The highest BCUT2D eigenvalue weighted by Gasteiger charge is 2.07. The number of hydrogen-bond acceptors (Lipinski definition) is 4. The fraction of sp³-hybridized carbons (Fsp3) is 0.333. The zero-order chi connectivity index (χ0) is 17.2. The summed E-state index contributed by atoms with van der Waals surface area (Å²) in [6.07, 6.45) is 0. The lowest BCUT2D eigenvalue weighted by Gasteiger charge is -2.10. The van der Waals surface area contributed by atoms with Gasteiger partial charge in [-0.05, 0) is 29.8 Å². The van der Waals surface area contributed by atoms with Gasteiger partial charge in [-0.1, -0.05) is 29.8 Å². The van der Waals surface area contributed by atoms with E-state index in [1.54, 1.807) is 12.1 Å². The van der Waals surface area contributed by atoms with E-state index in [9.17, 15) is 4.39 Å². The Morgan fingerprint density at radius 2 is 1.96 bits per heavy atom. The van der Waals surface area contributed by atoms with Crippen LogP contribution in [0, 0.1) is 5.82 Å². The van der Waals surface area contributed by atoms with E-state index in [4.69, 9.17) is 26.2 Å². The van der Waals surface area contributed by atoms with Gasteiger partial charge in [0.1, 0.15) is 18.2 Å². The predicted molar refractivity (Wildman–Crippen MR) is 91.8 cm³/mol. The quantitative estimate of drug-likeness (QED) is 0.644. The van der Waals surface area contributed by atoms with Crippen molar-refractivity contribution in [2.24, 2.45) is 0 Å². The number of aliphatic hydroxyl groups excluding tert-OH is 1. The van der Waals surface area contributed by atoms with Crippen molar-refractivity contribution in [1.29, 1.82) is 0 Å². The molecule has 2 aromatic carbocycles. The fourth-order valence-corrected chi connectivity index (χ4v) is 2.33. The summed E-state index contributed by atoms with van der Waals surface area (Å²) < 4.78 is 24.5. The fourth-order valence-electron chi connectivity index (χ4n) is 2.11. The number of benzene rings is 2. The van der Waals surface area contributed by atoms with Crippen LogP contribution in [-0.4, -0.2) is 31.5 Å². The molecule has 0 atom stereocenters. The summed E-state index contributed by atoms with van der Waals surface area (Å²) in [7, 11) is 0. The van der Waals surface area contributed by atoms with E-state index in [0.717, 1.165) is 5.56 Å². The summed E-state index contributed by atoms with van der Waals surface area (Å²) >= 11 is 5.99. The van der Waals surface area contributed by atoms with Crippen molar-refractivity contribution in [3.8, 4) is 5.75 Å². The third-order valence-electron chi connectivity index (χ3n) is 3.33. The van der Waals surface area contributed by atoms with E-state index in [-0.39, 0.29) is 19.0 Å². The molecule has 2 aromatic rings. The molecule has 2 rings (SSSR count). The van der Waals surface area contributed by atoms with Gasteiger partial charge < -0.3 is 19.9 Å². The molecule has 0 radical (unpaired) electrons. The molecule has 4 nitrogen and oxygen atoms in total. The van der Waals surface area contributed by atoms with Gasteiger partial charge in [0.15, 0.2) is 0 Å². The first-order valence-corrected chi connectivity index (χ1v) is 8.12. The Balaban J connectivity index is 1.82. The third-order valence-corrected chi connectivity index (χ3v) is 3.69. The minimum Gasteiger partial charge on any atom is -0.489 e. The molecule has 0 aliphatic rings. The topological polar surface area (TPSA) is 50.7 Å². The van der Waals surface area contributed by atoms with Crippen LogP contribution in [-0.2, 0) is 17.9 Å². The Morgan fingerprint density at radius 3 is 2.75 bits per heavy atom. The van der Waals surface area contributed by atoms with Crippen LogP contribution in [0.25, 0.3) is 0 Å². The van der Waals surface area contributed by atoms with E-state index in [2.05, 4.69) is 5.32 Å². The van der Waals surface area contributed by atoms with Gasteiger partial charge >= 0.3 is 0 Å². The molecule has 0 amide bonds. The average Bonchev–Trinajstić information content (AvgIpc) is 2.58. The summed E-state index contributed by atoms with van der Waals surface area (Å²) in [5.41, 5.74) is 1.40. The van der Waals surface area contributed by atoms with E-state index in [1.165, 1.54) is 6.07 Å². The molecule has 0 bridgehead atoms. The Morgan fingerprint density at radius 1 is 1.12 bits per heavy atom. The van der Waals surface area contributed by atoms with Crippen LogP contribution in [0.2, 0.25) is 5.02 Å². The van der Waals surface area contributed by atoms with Crippen molar-refractivity contribution in [1.82, 2.24) is 5.32 Å². The van der Waals surface area contributed by atoms with Gasteiger partial charge in [0, 0.05) is 18.7 Å². The number of hydrogen-bond donors (Lipinski definition) is 2. The van der Waals surface area contributed by atoms with Crippen LogP contribution >= 0.6 is 11.6 Å². The lowest BCUT2D eigenvalue weighted by Crippen LogP contribution is -2.20. The van der Waals surface area contributed by atoms with Gasteiger partial charge in [0.25, 0.3) is 0 Å². The monoisotopic (exact) mass is 353 g/mol. The Hall–Kier alpha value is -1.66. The molecule has 6 heteroatoms. The van der Waals surface area contributed by atoms with Crippen LogP contribution < -0.4 is 10.1 Å². The molecule has 0 aliphatic carbocycles. The second-order valence-corrected chi connectivity index (χ2v) is 5.56. The van der Waals surface area contributed by atoms with E-state index < -0.39 is 0 Å². The maximum absolute atomic E-state index is 13.7. The van der Waals surface area contributed by atoms with Crippen molar-refractivity contribution in [3.05, 3.63) is 64.4 Å². The Bertz CT molecular complexity index is 619. The molecule has 0 fully saturated rings. The zero-order valence-corrected chi connectivity index (χ0v) is 14.1.